The van der Waals surface area contributed by atoms with E-state index in [2.05, 4.69) is 20.4 Å². The first-order chi connectivity index (χ1) is 13.3. The Morgan fingerprint density at radius 1 is 1.11 bits per heavy atom. The van der Waals surface area contributed by atoms with Crippen LogP contribution in [0, 0.1) is 0 Å². The lowest BCUT2D eigenvalue weighted by Crippen LogP contribution is -2.31. The zero-order valence-corrected chi connectivity index (χ0v) is 15.2. The fraction of sp³-hybridized carbons (Fsp3) is 0.263. The number of aliphatic imine (C=N–C) groups is 1. The molecule has 150 valence electrons. The van der Waals surface area contributed by atoms with Gasteiger partial charge in [-0.3, -0.25) is 4.79 Å². The van der Waals surface area contributed by atoms with Crippen LogP contribution in [0.3, 0.4) is 0 Å². The molecule has 0 unspecified atom stereocenters. The first-order valence-corrected chi connectivity index (χ1v) is 8.52. The van der Waals surface area contributed by atoms with E-state index < -0.39 is 6.36 Å². The number of carbonyl (C=O) groups excluding carboxylic acids is 1. The molecule has 2 aromatic carbocycles. The summed E-state index contributed by atoms with van der Waals surface area (Å²) in [5.41, 5.74) is 7.89. The average Bonchev–Trinajstić information content (AvgIpc) is 2.65. The highest BCUT2D eigenvalue weighted by atomic mass is 19.4. The number of nitrogens with two attached hydrogens (primary N) is 1. The first-order valence-electron chi connectivity index (χ1n) is 8.52. The first kappa shape index (κ1) is 21.1. The van der Waals surface area contributed by atoms with Crippen LogP contribution in [-0.4, -0.2) is 24.8 Å². The van der Waals surface area contributed by atoms with Crippen molar-refractivity contribution in [3.8, 4) is 5.75 Å². The molecule has 28 heavy (non-hydrogen) atoms. The lowest BCUT2D eigenvalue weighted by atomic mass is 10.1. The van der Waals surface area contributed by atoms with Crippen molar-refractivity contribution in [1.29, 1.82) is 0 Å². The zero-order chi connectivity index (χ0) is 20.6. The van der Waals surface area contributed by atoms with Gasteiger partial charge in [-0.2, -0.15) is 0 Å². The van der Waals surface area contributed by atoms with E-state index in [4.69, 9.17) is 5.73 Å². The average molecular weight is 394 g/mol. The van der Waals surface area contributed by atoms with Gasteiger partial charge in [0.15, 0.2) is 5.96 Å². The van der Waals surface area contributed by atoms with Crippen molar-refractivity contribution >= 4 is 11.9 Å². The number of nitrogens with zero attached hydrogens (tertiary/aromatic N) is 1. The number of carbonyl (C=O) groups is 1. The van der Waals surface area contributed by atoms with Crippen LogP contribution < -0.4 is 21.1 Å². The minimum Gasteiger partial charge on any atom is -0.406 e. The largest absolute Gasteiger partial charge is 0.573 e. The van der Waals surface area contributed by atoms with Crippen LogP contribution >= 0.6 is 0 Å². The van der Waals surface area contributed by atoms with Crippen molar-refractivity contribution in [3.63, 3.8) is 0 Å². The van der Waals surface area contributed by atoms with Gasteiger partial charge in [-0.15, -0.1) is 13.2 Å². The summed E-state index contributed by atoms with van der Waals surface area (Å²) in [6.07, 6.45) is -4.72. The molecule has 9 heteroatoms. The summed E-state index contributed by atoms with van der Waals surface area (Å²) < 4.78 is 40.2. The van der Waals surface area contributed by atoms with Crippen LogP contribution in [0.2, 0.25) is 0 Å². The third-order valence-electron chi connectivity index (χ3n) is 3.59. The summed E-state index contributed by atoms with van der Waals surface area (Å²) in [6, 6.07) is 12.5. The second-order valence-electron chi connectivity index (χ2n) is 5.81. The van der Waals surface area contributed by atoms with E-state index in [9.17, 15) is 18.0 Å². The summed E-state index contributed by atoms with van der Waals surface area (Å²) in [5.74, 6) is -0.263. The van der Waals surface area contributed by atoms with Crippen LogP contribution in [0.25, 0.3) is 0 Å². The Balaban J connectivity index is 1.88. The van der Waals surface area contributed by atoms with Crippen LogP contribution in [0.1, 0.15) is 28.4 Å². The van der Waals surface area contributed by atoms with Crippen molar-refractivity contribution < 1.29 is 22.7 Å². The molecule has 2 rings (SSSR count). The monoisotopic (exact) mass is 394 g/mol. The van der Waals surface area contributed by atoms with Gasteiger partial charge in [-0.25, -0.2) is 4.99 Å². The second-order valence-corrected chi connectivity index (χ2v) is 5.81. The standard InChI is InChI=1S/C19H21F3N4O2/c1-2-24-17(27)15-5-3-4-14(10-15)12-26-18(23)25-11-13-6-8-16(9-7-13)28-19(20,21)22/h3-10H,2,11-12H2,1H3,(H,24,27)(H3,23,25,26). The number of rotatable bonds is 7. The third kappa shape index (κ3) is 7.18. The number of alkyl halides is 3. The Morgan fingerprint density at radius 2 is 1.82 bits per heavy atom. The topological polar surface area (TPSA) is 88.7 Å². The summed E-state index contributed by atoms with van der Waals surface area (Å²) in [7, 11) is 0. The molecule has 0 atom stereocenters. The highest BCUT2D eigenvalue weighted by molar-refractivity contribution is 5.94. The molecule has 0 bridgehead atoms. The van der Waals surface area contributed by atoms with Crippen molar-refractivity contribution in [3.05, 3.63) is 65.2 Å². The smallest absolute Gasteiger partial charge is 0.406 e. The number of ether oxygens (including phenoxy) is 1. The van der Waals surface area contributed by atoms with E-state index in [1.165, 1.54) is 24.3 Å². The van der Waals surface area contributed by atoms with Crippen LogP contribution in [0.4, 0.5) is 13.2 Å². The van der Waals surface area contributed by atoms with Gasteiger partial charge in [0.2, 0.25) is 0 Å². The molecule has 6 nitrogen and oxygen atoms in total. The highest BCUT2D eigenvalue weighted by Crippen LogP contribution is 2.22. The van der Waals surface area contributed by atoms with Crippen molar-refractivity contribution in [2.75, 3.05) is 6.54 Å². The molecule has 0 radical (unpaired) electrons. The van der Waals surface area contributed by atoms with E-state index >= 15 is 0 Å². The van der Waals surface area contributed by atoms with Crippen molar-refractivity contribution in [1.82, 2.24) is 10.6 Å². The summed E-state index contributed by atoms with van der Waals surface area (Å²) in [4.78, 5) is 16.0. The molecule has 0 saturated heterocycles. The maximum atomic E-state index is 12.1. The Kier molecular flexibility index (Phi) is 7.25. The Bertz CT molecular complexity index is 821. The fourth-order valence-electron chi connectivity index (χ4n) is 2.31. The number of halogens is 3. The van der Waals surface area contributed by atoms with Crippen LogP contribution in [-0.2, 0) is 13.1 Å². The highest BCUT2D eigenvalue weighted by Gasteiger charge is 2.30. The van der Waals surface area contributed by atoms with Crippen LogP contribution in [0.15, 0.2) is 53.5 Å². The van der Waals surface area contributed by atoms with E-state index in [-0.39, 0.29) is 24.2 Å². The van der Waals surface area contributed by atoms with Gasteiger partial charge < -0.3 is 21.1 Å². The molecule has 0 aromatic heterocycles. The molecule has 4 N–H and O–H groups in total. The van der Waals surface area contributed by atoms with Crippen LogP contribution in [0.5, 0.6) is 5.75 Å². The predicted octanol–water partition coefficient (Wildman–Crippen LogP) is 2.94. The second kappa shape index (κ2) is 9.63. The molecule has 0 aliphatic rings. The number of nitrogens with one attached hydrogen (secondary N) is 2. The molecule has 0 spiro atoms. The minimum absolute atomic E-state index is 0.155. The maximum absolute atomic E-state index is 12.1. The Labute approximate surface area is 160 Å². The molecule has 0 fully saturated rings. The predicted molar refractivity (Wildman–Crippen MR) is 99.7 cm³/mol. The lowest BCUT2D eigenvalue weighted by molar-refractivity contribution is -0.274. The van der Waals surface area contributed by atoms with Gasteiger partial charge in [0.25, 0.3) is 5.91 Å². The molecule has 0 aliphatic heterocycles. The quantitative estimate of drug-likeness (QED) is 0.498. The molecule has 0 heterocycles. The third-order valence-corrected chi connectivity index (χ3v) is 3.59. The number of guanidine groups is 1. The van der Waals surface area contributed by atoms with E-state index in [1.807, 2.05) is 13.0 Å². The Morgan fingerprint density at radius 3 is 2.46 bits per heavy atom. The maximum Gasteiger partial charge on any atom is 0.573 e. The van der Waals surface area contributed by atoms with Crippen molar-refractivity contribution in [2.24, 2.45) is 10.7 Å². The van der Waals surface area contributed by atoms with Gasteiger partial charge in [0.1, 0.15) is 5.75 Å². The zero-order valence-electron chi connectivity index (χ0n) is 15.2. The SMILES string of the molecule is CCNC(=O)c1cccc(CN=C(N)NCc2ccc(OC(F)(F)F)cc2)c1. The summed E-state index contributed by atoms with van der Waals surface area (Å²) >= 11 is 0. The summed E-state index contributed by atoms with van der Waals surface area (Å²) in [6.45, 7) is 2.96. The lowest BCUT2D eigenvalue weighted by Gasteiger charge is -2.10. The van der Waals surface area contributed by atoms with E-state index in [0.717, 1.165) is 5.56 Å². The normalized spacial score (nSPS) is 11.8. The molecule has 0 aliphatic carbocycles. The fourth-order valence-corrected chi connectivity index (χ4v) is 2.31. The van der Waals surface area contributed by atoms with Gasteiger partial charge in [0.05, 0.1) is 6.54 Å². The Hall–Kier alpha value is -3.23. The molecule has 0 saturated carbocycles. The molecular weight excluding hydrogens is 373 g/mol. The van der Waals surface area contributed by atoms with E-state index in [1.54, 1.807) is 18.2 Å². The molecular formula is C19H21F3N4O2. The molecule has 1 amide bonds. The minimum atomic E-state index is -4.72. The van der Waals surface area contributed by atoms with Gasteiger partial charge >= 0.3 is 6.36 Å². The number of amides is 1. The summed E-state index contributed by atoms with van der Waals surface area (Å²) in [5, 5.41) is 5.61. The van der Waals surface area contributed by atoms with Gasteiger partial charge in [-0.05, 0) is 42.3 Å². The number of hydrogen-bond donors (Lipinski definition) is 3. The van der Waals surface area contributed by atoms with Gasteiger partial charge in [-0.1, -0.05) is 24.3 Å². The van der Waals surface area contributed by atoms with Crippen molar-refractivity contribution in [2.45, 2.75) is 26.4 Å². The number of hydrogen-bond acceptors (Lipinski definition) is 3. The van der Waals surface area contributed by atoms with Gasteiger partial charge in [0, 0.05) is 18.7 Å². The number of benzene rings is 2. The van der Waals surface area contributed by atoms with E-state index in [0.29, 0.717) is 24.2 Å². The molecule has 2 aromatic rings.